The molecule has 2 aromatic carbocycles. The molecule has 1 aromatic heterocycles. The van der Waals surface area contributed by atoms with E-state index in [0.29, 0.717) is 18.0 Å². The number of aromatic nitrogens is 1. The summed E-state index contributed by atoms with van der Waals surface area (Å²) in [5.74, 6) is 0.173. The first-order chi connectivity index (χ1) is 14.0. The summed E-state index contributed by atoms with van der Waals surface area (Å²) in [6, 6.07) is 16.0. The summed E-state index contributed by atoms with van der Waals surface area (Å²) < 4.78 is 31.0. The maximum absolute atomic E-state index is 12.8. The molecule has 6 nitrogen and oxygen atoms in total. The van der Waals surface area contributed by atoms with Gasteiger partial charge in [-0.05, 0) is 67.1 Å². The SMILES string of the molecule is CCOc1cccc(S(=O)(=O)c2ccc(NC(=O)C=Cc3cccnc3)cc2)c1. The highest BCUT2D eigenvalue weighted by Gasteiger charge is 2.18. The van der Waals surface area contributed by atoms with Crippen molar-refractivity contribution in [1.29, 1.82) is 0 Å². The molecular formula is C22H20N2O4S. The van der Waals surface area contributed by atoms with E-state index in [0.717, 1.165) is 5.56 Å². The molecule has 3 aromatic rings. The summed E-state index contributed by atoms with van der Waals surface area (Å²) in [5.41, 5.74) is 1.30. The lowest BCUT2D eigenvalue weighted by molar-refractivity contribution is -0.111. The molecule has 0 aliphatic rings. The predicted octanol–water partition coefficient (Wildman–Crippen LogP) is 3.97. The number of ether oxygens (including phenoxy) is 1. The van der Waals surface area contributed by atoms with E-state index in [-0.39, 0.29) is 15.7 Å². The number of benzene rings is 2. The van der Waals surface area contributed by atoms with Crippen LogP contribution in [-0.4, -0.2) is 25.9 Å². The van der Waals surface area contributed by atoms with Crippen LogP contribution in [0.4, 0.5) is 5.69 Å². The van der Waals surface area contributed by atoms with Crippen LogP contribution in [0.1, 0.15) is 12.5 Å². The van der Waals surface area contributed by atoms with Gasteiger partial charge in [0, 0.05) is 24.2 Å². The average Bonchev–Trinajstić information content (AvgIpc) is 2.74. The van der Waals surface area contributed by atoms with Gasteiger partial charge in [0.1, 0.15) is 5.75 Å². The molecule has 0 bridgehead atoms. The second-order valence-electron chi connectivity index (χ2n) is 6.04. The standard InChI is InChI=1S/C22H20N2O4S/c1-2-28-19-6-3-7-21(15-19)29(26,27)20-11-9-18(10-12-20)24-22(25)13-8-17-5-4-14-23-16-17/h3-16H,2H2,1H3,(H,24,25). The number of pyridine rings is 1. The first-order valence-electron chi connectivity index (χ1n) is 8.96. The van der Waals surface area contributed by atoms with E-state index < -0.39 is 9.84 Å². The van der Waals surface area contributed by atoms with Gasteiger partial charge in [0.2, 0.25) is 15.7 Å². The number of rotatable bonds is 7. The Labute approximate surface area is 169 Å². The molecule has 3 rings (SSSR count). The zero-order chi connectivity index (χ0) is 20.7. The Kier molecular flexibility index (Phi) is 6.41. The topological polar surface area (TPSA) is 85.4 Å². The fourth-order valence-electron chi connectivity index (χ4n) is 2.58. The molecule has 0 atom stereocenters. The summed E-state index contributed by atoms with van der Waals surface area (Å²) in [5, 5.41) is 2.70. The second-order valence-corrected chi connectivity index (χ2v) is 7.99. The van der Waals surface area contributed by atoms with Crippen molar-refractivity contribution < 1.29 is 17.9 Å². The molecule has 0 saturated carbocycles. The van der Waals surface area contributed by atoms with Crippen LogP contribution in [0.2, 0.25) is 0 Å². The molecule has 1 heterocycles. The number of carbonyl (C=O) groups excluding carboxylic acids is 1. The quantitative estimate of drug-likeness (QED) is 0.598. The van der Waals surface area contributed by atoms with Gasteiger partial charge in [0.25, 0.3) is 0 Å². The Bertz CT molecular complexity index is 1110. The molecule has 0 spiro atoms. The summed E-state index contributed by atoms with van der Waals surface area (Å²) >= 11 is 0. The lowest BCUT2D eigenvalue weighted by Crippen LogP contribution is -2.08. The lowest BCUT2D eigenvalue weighted by Gasteiger charge is -2.08. The van der Waals surface area contributed by atoms with Gasteiger partial charge in [-0.15, -0.1) is 0 Å². The van der Waals surface area contributed by atoms with Crippen LogP contribution in [0, 0.1) is 0 Å². The van der Waals surface area contributed by atoms with Crippen molar-refractivity contribution in [2.24, 2.45) is 0 Å². The largest absolute Gasteiger partial charge is 0.494 e. The molecule has 0 aliphatic heterocycles. The fraction of sp³-hybridized carbons (Fsp3) is 0.0909. The Balaban J connectivity index is 1.71. The fourth-order valence-corrected chi connectivity index (χ4v) is 3.88. The maximum Gasteiger partial charge on any atom is 0.248 e. The average molecular weight is 408 g/mol. The second kappa shape index (κ2) is 9.16. The van der Waals surface area contributed by atoms with Crippen LogP contribution >= 0.6 is 0 Å². The zero-order valence-corrected chi connectivity index (χ0v) is 16.6. The van der Waals surface area contributed by atoms with Crippen molar-refractivity contribution in [3.8, 4) is 5.75 Å². The third-order valence-corrected chi connectivity index (χ3v) is 5.74. The molecule has 29 heavy (non-hydrogen) atoms. The van der Waals surface area contributed by atoms with E-state index in [1.807, 2.05) is 13.0 Å². The molecule has 1 N–H and O–H groups in total. The number of nitrogens with one attached hydrogen (secondary N) is 1. The van der Waals surface area contributed by atoms with Crippen LogP contribution in [0.3, 0.4) is 0 Å². The van der Waals surface area contributed by atoms with Crippen LogP contribution < -0.4 is 10.1 Å². The number of nitrogens with zero attached hydrogens (tertiary/aromatic N) is 1. The van der Waals surface area contributed by atoms with E-state index in [1.54, 1.807) is 48.8 Å². The third-order valence-electron chi connectivity index (χ3n) is 3.97. The van der Waals surface area contributed by atoms with Gasteiger partial charge in [-0.2, -0.15) is 0 Å². The number of sulfone groups is 1. The minimum Gasteiger partial charge on any atom is -0.494 e. The molecule has 0 radical (unpaired) electrons. The van der Waals surface area contributed by atoms with Gasteiger partial charge in [-0.25, -0.2) is 8.42 Å². The Hall–Kier alpha value is -3.45. The number of anilines is 1. The molecule has 148 valence electrons. The van der Waals surface area contributed by atoms with E-state index in [9.17, 15) is 13.2 Å². The van der Waals surface area contributed by atoms with Gasteiger partial charge in [0.05, 0.1) is 16.4 Å². The molecular weight excluding hydrogens is 388 g/mol. The highest BCUT2D eigenvalue weighted by atomic mass is 32.2. The van der Waals surface area contributed by atoms with Gasteiger partial charge < -0.3 is 10.1 Å². The van der Waals surface area contributed by atoms with Crippen molar-refractivity contribution in [3.63, 3.8) is 0 Å². The van der Waals surface area contributed by atoms with Crippen molar-refractivity contribution in [3.05, 3.63) is 84.7 Å². The van der Waals surface area contributed by atoms with Crippen molar-refractivity contribution in [2.45, 2.75) is 16.7 Å². The van der Waals surface area contributed by atoms with Gasteiger partial charge in [-0.3, -0.25) is 9.78 Å². The summed E-state index contributed by atoms with van der Waals surface area (Å²) in [7, 11) is -3.68. The number of hydrogen-bond donors (Lipinski definition) is 1. The smallest absolute Gasteiger partial charge is 0.248 e. The predicted molar refractivity (Wildman–Crippen MR) is 111 cm³/mol. The first-order valence-corrected chi connectivity index (χ1v) is 10.4. The lowest BCUT2D eigenvalue weighted by atomic mass is 10.2. The normalized spacial score (nSPS) is 11.3. The minimum atomic E-state index is -3.68. The molecule has 7 heteroatoms. The summed E-state index contributed by atoms with van der Waals surface area (Å²) in [6.45, 7) is 2.28. The van der Waals surface area contributed by atoms with Crippen LogP contribution in [0.15, 0.2) is 88.9 Å². The molecule has 0 fully saturated rings. The van der Waals surface area contributed by atoms with Gasteiger partial charge in [-0.1, -0.05) is 12.1 Å². The molecule has 0 saturated heterocycles. The van der Waals surface area contributed by atoms with E-state index in [1.165, 1.54) is 30.3 Å². The first kappa shape index (κ1) is 20.3. The maximum atomic E-state index is 12.8. The molecule has 1 amide bonds. The van der Waals surface area contributed by atoms with Crippen molar-refractivity contribution in [1.82, 2.24) is 4.98 Å². The minimum absolute atomic E-state index is 0.134. The Morgan fingerprint density at radius 1 is 1.07 bits per heavy atom. The van der Waals surface area contributed by atoms with E-state index >= 15 is 0 Å². The zero-order valence-electron chi connectivity index (χ0n) is 15.8. The number of amides is 1. The van der Waals surface area contributed by atoms with Gasteiger partial charge in [0.15, 0.2) is 0 Å². The van der Waals surface area contributed by atoms with E-state index in [2.05, 4.69) is 10.3 Å². The Morgan fingerprint density at radius 3 is 2.55 bits per heavy atom. The third kappa shape index (κ3) is 5.30. The molecule has 0 aliphatic carbocycles. The monoisotopic (exact) mass is 408 g/mol. The van der Waals surface area contributed by atoms with Crippen LogP contribution in [-0.2, 0) is 14.6 Å². The number of carbonyl (C=O) groups is 1. The highest BCUT2D eigenvalue weighted by Crippen LogP contribution is 2.25. The Morgan fingerprint density at radius 2 is 1.86 bits per heavy atom. The molecule has 0 unspecified atom stereocenters. The van der Waals surface area contributed by atoms with Crippen LogP contribution in [0.25, 0.3) is 6.08 Å². The van der Waals surface area contributed by atoms with E-state index in [4.69, 9.17) is 4.74 Å². The van der Waals surface area contributed by atoms with Gasteiger partial charge >= 0.3 is 0 Å². The highest BCUT2D eigenvalue weighted by molar-refractivity contribution is 7.91. The van der Waals surface area contributed by atoms with Crippen LogP contribution in [0.5, 0.6) is 5.75 Å². The van der Waals surface area contributed by atoms with Crippen molar-refractivity contribution >= 4 is 27.5 Å². The van der Waals surface area contributed by atoms with Crippen molar-refractivity contribution in [2.75, 3.05) is 11.9 Å². The number of hydrogen-bond acceptors (Lipinski definition) is 5. The summed E-state index contributed by atoms with van der Waals surface area (Å²) in [4.78, 5) is 16.3. The summed E-state index contributed by atoms with van der Waals surface area (Å²) in [6.07, 6.45) is 6.33.